The zero-order valence-corrected chi connectivity index (χ0v) is 21.2. The largest absolute Gasteiger partial charge is 0.486 e. The molecule has 0 aromatic carbocycles. The van der Waals surface area contributed by atoms with Crippen LogP contribution in [0.5, 0.6) is 5.75 Å². The van der Waals surface area contributed by atoms with Crippen molar-refractivity contribution in [2.45, 2.75) is 39.9 Å². The fourth-order valence-corrected chi connectivity index (χ4v) is 3.87. The fourth-order valence-electron chi connectivity index (χ4n) is 3.47. The van der Waals surface area contributed by atoms with E-state index in [1.807, 2.05) is 39.2 Å². The van der Waals surface area contributed by atoms with E-state index < -0.39 is 5.60 Å². The third kappa shape index (κ3) is 4.78. The van der Waals surface area contributed by atoms with Crippen molar-refractivity contribution in [1.29, 1.82) is 0 Å². The van der Waals surface area contributed by atoms with Crippen LogP contribution in [0.25, 0.3) is 17.1 Å². The number of aliphatic hydroxyl groups is 1. The molecule has 4 rings (SSSR count). The van der Waals surface area contributed by atoms with E-state index in [0.717, 1.165) is 11.3 Å². The Kier molecular flexibility index (Phi) is 6.37. The van der Waals surface area contributed by atoms with Gasteiger partial charge in [0.15, 0.2) is 5.82 Å². The van der Waals surface area contributed by atoms with E-state index in [9.17, 15) is 9.90 Å². The van der Waals surface area contributed by atoms with Gasteiger partial charge in [-0.05, 0) is 67.4 Å². The molecule has 34 heavy (non-hydrogen) atoms. The molecule has 0 aliphatic heterocycles. The molecule has 0 radical (unpaired) electrons. The molecule has 176 valence electrons. The van der Waals surface area contributed by atoms with Crippen LogP contribution < -0.4 is 10.3 Å². The lowest BCUT2D eigenvalue weighted by atomic mass is 10.1. The van der Waals surface area contributed by atoms with Crippen LogP contribution >= 0.6 is 15.9 Å². The fraction of sp³-hybridized carbons (Fsp3) is 0.292. The topological polar surface area (TPSA) is 108 Å². The minimum atomic E-state index is -1.19. The Labute approximate surface area is 205 Å². The van der Waals surface area contributed by atoms with E-state index in [1.54, 1.807) is 47.6 Å². The van der Waals surface area contributed by atoms with Crippen LogP contribution in [-0.2, 0) is 19.3 Å². The van der Waals surface area contributed by atoms with Crippen LogP contribution in [0, 0.1) is 13.8 Å². The van der Waals surface area contributed by atoms with Crippen LogP contribution in [-0.4, -0.2) is 34.4 Å². The highest BCUT2D eigenvalue weighted by Crippen LogP contribution is 2.27. The Balaban J connectivity index is 1.73. The maximum Gasteiger partial charge on any atom is 0.273 e. The van der Waals surface area contributed by atoms with Gasteiger partial charge in [0.05, 0.1) is 22.8 Å². The molecule has 10 heteroatoms. The number of nitrogens with zero attached hydrogens (tertiary/aromatic N) is 6. The number of hydrogen-bond acceptors (Lipinski definition) is 7. The summed E-state index contributed by atoms with van der Waals surface area (Å²) in [5, 5.41) is 14.6. The molecule has 0 spiro atoms. The van der Waals surface area contributed by atoms with Gasteiger partial charge in [-0.3, -0.25) is 19.0 Å². The summed E-state index contributed by atoms with van der Waals surface area (Å²) in [6, 6.07) is 7.20. The highest BCUT2D eigenvalue weighted by atomic mass is 79.9. The zero-order valence-electron chi connectivity index (χ0n) is 19.6. The Morgan fingerprint density at radius 1 is 1.15 bits per heavy atom. The van der Waals surface area contributed by atoms with Gasteiger partial charge in [0, 0.05) is 37.4 Å². The van der Waals surface area contributed by atoms with Crippen LogP contribution in [0.2, 0.25) is 0 Å². The minimum Gasteiger partial charge on any atom is -0.486 e. The van der Waals surface area contributed by atoms with Crippen molar-refractivity contribution in [3.8, 4) is 22.8 Å². The first-order valence-corrected chi connectivity index (χ1v) is 11.4. The summed E-state index contributed by atoms with van der Waals surface area (Å²) < 4.78 is 9.49. The summed E-state index contributed by atoms with van der Waals surface area (Å²) in [7, 11) is 1.84. The molecule has 4 heterocycles. The molecule has 0 atom stereocenters. The SMILES string of the molecule is Cc1cnc(-c2ccnc(C(C)(C)O)n2)cc1-n1c(C)cc(OCc2ccn(C)n2)c(Br)c1=O. The Hall–Kier alpha value is -3.37. The number of aryl methyl sites for hydroxylation is 3. The molecule has 4 aromatic rings. The second-order valence-corrected chi connectivity index (χ2v) is 9.35. The van der Waals surface area contributed by atoms with Crippen LogP contribution in [0.4, 0.5) is 0 Å². The van der Waals surface area contributed by atoms with Gasteiger partial charge in [-0.15, -0.1) is 0 Å². The number of pyridine rings is 2. The lowest BCUT2D eigenvalue weighted by molar-refractivity contribution is 0.0688. The van der Waals surface area contributed by atoms with Crippen molar-refractivity contribution in [2.24, 2.45) is 7.05 Å². The third-order valence-electron chi connectivity index (χ3n) is 5.23. The average molecular weight is 525 g/mol. The quantitative estimate of drug-likeness (QED) is 0.410. The normalized spacial score (nSPS) is 11.6. The number of hydrogen-bond donors (Lipinski definition) is 1. The summed E-state index contributed by atoms with van der Waals surface area (Å²) in [5.74, 6) is 0.737. The van der Waals surface area contributed by atoms with E-state index in [2.05, 4.69) is 36.0 Å². The molecule has 0 aliphatic carbocycles. The van der Waals surface area contributed by atoms with E-state index in [4.69, 9.17) is 4.74 Å². The van der Waals surface area contributed by atoms with E-state index in [-0.39, 0.29) is 12.2 Å². The van der Waals surface area contributed by atoms with Crippen molar-refractivity contribution in [3.63, 3.8) is 0 Å². The van der Waals surface area contributed by atoms with Crippen LogP contribution in [0.3, 0.4) is 0 Å². The average Bonchev–Trinajstić information content (AvgIpc) is 3.21. The van der Waals surface area contributed by atoms with Crippen LogP contribution in [0.1, 0.15) is 36.6 Å². The summed E-state index contributed by atoms with van der Waals surface area (Å²) in [6.07, 6.45) is 5.11. The molecule has 0 saturated heterocycles. The summed E-state index contributed by atoms with van der Waals surface area (Å²) >= 11 is 3.41. The van der Waals surface area contributed by atoms with Gasteiger partial charge in [-0.2, -0.15) is 5.10 Å². The molecular formula is C24H25BrN6O3. The molecule has 4 aromatic heterocycles. The van der Waals surface area contributed by atoms with Gasteiger partial charge < -0.3 is 9.84 Å². The third-order valence-corrected chi connectivity index (χ3v) is 5.96. The lowest BCUT2D eigenvalue weighted by Crippen LogP contribution is -2.23. The maximum absolute atomic E-state index is 13.3. The summed E-state index contributed by atoms with van der Waals surface area (Å²) in [6.45, 7) is 7.23. The van der Waals surface area contributed by atoms with Gasteiger partial charge in [0.2, 0.25) is 0 Å². The second kappa shape index (κ2) is 9.11. The molecule has 0 bridgehead atoms. The Bertz CT molecular complexity index is 1420. The summed E-state index contributed by atoms with van der Waals surface area (Å²) in [4.78, 5) is 26.5. The Morgan fingerprint density at radius 3 is 2.59 bits per heavy atom. The standard InChI is InChI=1S/C24H25BrN6O3/c1-14-12-27-18(17-6-8-26-23(28-17)24(3,4)33)11-19(14)31-15(2)10-20(21(25)22(31)32)34-13-16-7-9-30(5)29-16/h6-12,33H,13H2,1-5H3. The summed E-state index contributed by atoms with van der Waals surface area (Å²) in [5.41, 5.74) is 2.63. The van der Waals surface area contributed by atoms with Crippen molar-refractivity contribution in [2.75, 3.05) is 0 Å². The second-order valence-electron chi connectivity index (χ2n) is 8.55. The van der Waals surface area contributed by atoms with Gasteiger partial charge in [-0.25, -0.2) is 9.97 Å². The first kappa shape index (κ1) is 23.8. The number of halogens is 1. The van der Waals surface area contributed by atoms with Crippen molar-refractivity contribution in [1.82, 2.24) is 29.3 Å². The van der Waals surface area contributed by atoms with Gasteiger partial charge in [-0.1, -0.05) is 0 Å². The Morgan fingerprint density at radius 2 is 1.91 bits per heavy atom. The van der Waals surface area contributed by atoms with Crippen molar-refractivity contribution in [3.05, 3.63) is 80.5 Å². The molecule has 0 fully saturated rings. The molecule has 0 amide bonds. The van der Waals surface area contributed by atoms with E-state index in [1.165, 1.54) is 0 Å². The number of ether oxygens (including phenoxy) is 1. The smallest absolute Gasteiger partial charge is 0.273 e. The minimum absolute atomic E-state index is 0.248. The van der Waals surface area contributed by atoms with Crippen molar-refractivity contribution < 1.29 is 9.84 Å². The molecule has 9 nitrogen and oxygen atoms in total. The zero-order chi connectivity index (χ0) is 24.6. The molecule has 0 saturated carbocycles. The van der Waals surface area contributed by atoms with Gasteiger partial charge >= 0.3 is 0 Å². The highest BCUT2D eigenvalue weighted by molar-refractivity contribution is 9.10. The predicted octanol–water partition coefficient (Wildman–Crippen LogP) is 3.61. The first-order valence-electron chi connectivity index (χ1n) is 10.6. The monoisotopic (exact) mass is 524 g/mol. The number of aromatic nitrogens is 6. The molecule has 0 aliphatic rings. The number of rotatable bonds is 6. The predicted molar refractivity (Wildman–Crippen MR) is 131 cm³/mol. The maximum atomic E-state index is 13.3. The van der Waals surface area contributed by atoms with Crippen molar-refractivity contribution >= 4 is 15.9 Å². The lowest BCUT2D eigenvalue weighted by Gasteiger charge is -2.17. The molecule has 1 N–H and O–H groups in total. The van der Waals surface area contributed by atoms with Crippen LogP contribution in [0.15, 0.2) is 52.1 Å². The molecular weight excluding hydrogens is 500 g/mol. The van der Waals surface area contributed by atoms with Gasteiger partial charge in [0.1, 0.15) is 22.4 Å². The molecule has 0 unspecified atom stereocenters. The van der Waals surface area contributed by atoms with E-state index in [0.29, 0.717) is 38.8 Å². The van der Waals surface area contributed by atoms with E-state index >= 15 is 0 Å². The first-order chi connectivity index (χ1) is 16.0. The van der Waals surface area contributed by atoms with Gasteiger partial charge in [0.25, 0.3) is 5.56 Å². The highest BCUT2D eigenvalue weighted by Gasteiger charge is 2.21.